The molecule has 0 rings (SSSR count). The molecule has 61 valence electrons. The Hall–Kier alpha value is -0.246. The van der Waals surface area contributed by atoms with Gasteiger partial charge in [-0.25, -0.2) is 6.08 Å². The molecular weight excluding hydrogens is 183 g/mol. The summed E-state index contributed by atoms with van der Waals surface area (Å²) in [6.07, 6.45) is 3.86. The Morgan fingerprint density at radius 3 is 2.73 bits per heavy atom. The average molecular weight is 194 g/mol. The van der Waals surface area contributed by atoms with Crippen LogP contribution in [0.25, 0.3) is 0 Å². The van der Waals surface area contributed by atoms with E-state index < -0.39 is 5.97 Å². The molecule has 0 unspecified atom stereocenters. The van der Waals surface area contributed by atoms with Gasteiger partial charge in [-0.15, -0.1) is 0 Å². The third kappa shape index (κ3) is 9.75. The first-order valence-corrected chi connectivity index (χ1v) is 3.05. The number of hydrogen-bond acceptors (Lipinski definition) is 3. The molecule has 11 heavy (non-hydrogen) atoms. The van der Waals surface area contributed by atoms with E-state index in [0.29, 0.717) is 13.2 Å². The number of hydrogen-bond donors (Lipinski definition) is 0. The van der Waals surface area contributed by atoms with Gasteiger partial charge in [-0.05, 0) is 6.92 Å². The first kappa shape index (κ1) is 13.4. The molecule has 0 aliphatic carbocycles. The Morgan fingerprint density at radius 2 is 2.27 bits per heavy atom. The van der Waals surface area contributed by atoms with Crippen LogP contribution in [0.3, 0.4) is 0 Å². The van der Waals surface area contributed by atoms with E-state index >= 15 is 0 Å². The molecule has 0 amide bonds. The molecule has 3 nitrogen and oxygen atoms in total. The fourth-order valence-corrected chi connectivity index (χ4v) is 0.381. The second-order valence-electron chi connectivity index (χ2n) is 1.52. The molecule has 0 aliphatic rings. The van der Waals surface area contributed by atoms with Gasteiger partial charge in [0.25, 0.3) is 0 Å². The number of methoxy groups -OCH3 is 1. The van der Waals surface area contributed by atoms with E-state index in [0.717, 1.165) is 0 Å². The molecule has 0 fully saturated rings. The summed E-state index contributed by atoms with van der Waals surface area (Å²) in [6, 6.07) is 0. The van der Waals surface area contributed by atoms with Crippen molar-refractivity contribution in [3.8, 4) is 0 Å². The van der Waals surface area contributed by atoms with Crippen molar-refractivity contribution < 1.29 is 32.8 Å². The third-order valence-electron chi connectivity index (χ3n) is 0.745. The summed E-state index contributed by atoms with van der Waals surface area (Å²) in [6.45, 7) is 2.52. The number of esters is 1. The monoisotopic (exact) mass is 194 g/mol. The third-order valence-corrected chi connectivity index (χ3v) is 0.745. The van der Waals surface area contributed by atoms with Crippen LogP contribution in [-0.4, -0.2) is 26.3 Å². The maximum Gasteiger partial charge on any atom is 2.00 e. The smallest absolute Gasteiger partial charge is 0.490 e. The molecule has 0 spiro atoms. The van der Waals surface area contributed by atoms with Gasteiger partial charge in [0, 0.05) is 13.7 Å². The molecule has 0 saturated carbocycles. The molecule has 0 aromatic carbocycles. The van der Waals surface area contributed by atoms with Crippen molar-refractivity contribution in [1.82, 2.24) is 0 Å². The summed E-state index contributed by atoms with van der Waals surface area (Å²) in [5.74, 6) is -0.445. The predicted molar refractivity (Wildman–Crippen MR) is 36.3 cm³/mol. The van der Waals surface area contributed by atoms with Crippen LogP contribution in [0.15, 0.2) is 6.08 Å². The van der Waals surface area contributed by atoms with Crippen LogP contribution in [0.4, 0.5) is 0 Å². The molecule has 0 N–H and O–H groups in total. The summed E-state index contributed by atoms with van der Waals surface area (Å²) in [7, 11) is 1.54. The van der Waals surface area contributed by atoms with Crippen molar-refractivity contribution in [2.45, 2.75) is 6.92 Å². The summed E-state index contributed by atoms with van der Waals surface area (Å²) in [4.78, 5) is 10.5. The molecule has 1 radical (unpaired) electrons. The van der Waals surface area contributed by atoms with Crippen molar-refractivity contribution in [2.24, 2.45) is 0 Å². The van der Waals surface area contributed by atoms with E-state index in [-0.39, 0.29) is 18.6 Å². The Bertz CT molecular complexity index is 123. The van der Waals surface area contributed by atoms with E-state index in [1.54, 1.807) is 14.0 Å². The standard InChI is InChI=1S/C7H11O3.V/c1-3-10-7(8)5-4-6-9-2;/h4H,3,6H2,1-2H3;/q-1;+2. The van der Waals surface area contributed by atoms with Crippen molar-refractivity contribution in [2.75, 3.05) is 20.3 Å². The van der Waals surface area contributed by atoms with Gasteiger partial charge in [0.1, 0.15) is 5.97 Å². The molecular formula is C7H11O3V+. The van der Waals surface area contributed by atoms with Gasteiger partial charge in [0.15, 0.2) is 0 Å². The van der Waals surface area contributed by atoms with Gasteiger partial charge in [-0.2, -0.15) is 0 Å². The van der Waals surface area contributed by atoms with Gasteiger partial charge >= 0.3 is 18.6 Å². The molecule has 0 aliphatic heterocycles. The maximum atomic E-state index is 10.5. The van der Waals surface area contributed by atoms with E-state index in [1.807, 2.05) is 0 Å². The number of carbonyl (C=O) groups is 1. The van der Waals surface area contributed by atoms with Crippen LogP contribution in [-0.2, 0) is 32.8 Å². The second-order valence-corrected chi connectivity index (χ2v) is 1.52. The fourth-order valence-electron chi connectivity index (χ4n) is 0.381. The average Bonchev–Trinajstić information content (AvgIpc) is 1.89. The van der Waals surface area contributed by atoms with E-state index in [9.17, 15) is 4.79 Å². The van der Waals surface area contributed by atoms with Crippen LogP contribution in [0.1, 0.15) is 6.92 Å². The minimum atomic E-state index is -0.445. The Kier molecular flexibility index (Phi) is 11.8. The summed E-state index contributed by atoms with van der Waals surface area (Å²) >= 11 is 0. The zero-order valence-corrected chi connectivity index (χ0v) is 8.06. The summed E-state index contributed by atoms with van der Waals surface area (Å²) < 4.78 is 9.20. The number of carbonyl (C=O) groups excluding carboxylic acids is 1. The molecule has 0 heterocycles. The summed E-state index contributed by atoms with van der Waals surface area (Å²) in [5.41, 5.74) is 0. The number of rotatable bonds is 4. The van der Waals surface area contributed by atoms with Crippen molar-refractivity contribution in [3.63, 3.8) is 0 Å². The van der Waals surface area contributed by atoms with E-state index in [2.05, 4.69) is 15.5 Å². The SMILES string of the molecule is CCOC(=O)[C-]=CCOC.[V+2]. The predicted octanol–water partition coefficient (Wildman–Crippen LogP) is 0.553. The number of ether oxygens (including phenoxy) is 2. The van der Waals surface area contributed by atoms with Gasteiger partial charge in [-0.1, -0.05) is 0 Å². The topological polar surface area (TPSA) is 35.5 Å². The molecule has 0 bridgehead atoms. The maximum absolute atomic E-state index is 10.5. The zero-order valence-electron chi connectivity index (χ0n) is 6.66. The first-order valence-electron chi connectivity index (χ1n) is 3.05. The minimum absolute atomic E-state index is 0. The Balaban J connectivity index is 0. The van der Waals surface area contributed by atoms with Gasteiger partial charge in [-0.3, -0.25) is 4.79 Å². The van der Waals surface area contributed by atoms with Gasteiger partial charge in [0.2, 0.25) is 0 Å². The quantitative estimate of drug-likeness (QED) is 0.372. The van der Waals surface area contributed by atoms with E-state index in [4.69, 9.17) is 0 Å². The summed E-state index contributed by atoms with van der Waals surface area (Å²) in [5, 5.41) is 0. The Labute approximate surface area is 78.6 Å². The van der Waals surface area contributed by atoms with Gasteiger partial charge in [0.05, 0.1) is 6.61 Å². The second kappa shape index (κ2) is 9.75. The minimum Gasteiger partial charge on any atom is -0.490 e. The molecule has 0 aromatic heterocycles. The van der Waals surface area contributed by atoms with Crippen LogP contribution in [0.5, 0.6) is 0 Å². The largest absolute Gasteiger partial charge is 2.00 e. The van der Waals surface area contributed by atoms with Crippen molar-refractivity contribution in [3.05, 3.63) is 12.2 Å². The van der Waals surface area contributed by atoms with Crippen LogP contribution < -0.4 is 0 Å². The molecule has 0 aromatic rings. The zero-order chi connectivity index (χ0) is 7.82. The van der Waals surface area contributed by atoms with E-state index in [1.165, 1.54) is 6.08 Å². The van der Waals surface area contributed by atoms with Crippen molar-refractivity contribution in [1.29, 1.82) is 0 Å². The molecule has 0 saturated heterocycles. The first-order chi connectivity index (χ1) is 4.81. The van der Waals surface area contributed by atoms with Crippen LogP contribution >= 0.6 is 0 Å². The van der Waals surface area contributed by atoms with Crippen LogP contribution in [0.2, 0.25) is 0 Å². The normalized spacial score (nSPS) is 9.27. The molecule has 0 atom stereocenters. The fraction of sp³-hybridized carbons (Fsp3) is 0.571. The van der Waals surface area contributed by atoms with Crippen LogP contribution in [0, 0.1) is 6.08 Å². The van der Waals surface area contributed by atoms with Gasteiger partial charge < -0.3 is 15.5 Å². The van der Waals surface area contributed by atoms with Crippen molar-refractivity contribution >= 4 is 5.97 Å². The molecule has 4 heteroatoms. The Morgan fingerprint density at radius 1 is 1.64 bits per heavy atom.